The van der Waals surface area contributed by atoms with E-state index in [1.807, 2.05) is 48.5 Å². The quantitative estimate of drug-likeness (QED) is 0.372. The number of carbonyl (C=O) groups is 1. The van der Waals surface area contributed by atoms with Crippen LogP contribution in [0.2, 0.25) is 0 Å². The minimum Gasteiger partial charge on any atom is -0.506 e. The highest BCUT2D eigenvalue weighted by Gasteiger charge is 2.33. The van der Waals surface area contributed by atoms with Gasteiger partial charge in [0.1, 0.15) is 11.5 Å². The number of ketones is 1. The van der Waals surface area contributed by atoms with Gasteiger partial charge in [0, 0.05) is 41.5 Å². The molecule has 2 N–H and O–H groups in total. The first-order chi connectivity index (χ1) is 18.3. The van der Waals surface area contributed by atoms with Gasteiger partial charge in [-0.2, -0.15) is 0 Å². The third-order valence-corrected chi connectivity index (χ3v) is 7.63. The summed E-state index contributed by atoms with van der Waals surface area (Å²) in [5.74, 6) is 1.25. The van der Waals surface area contributed by atoms with Crippen LogP contribution in [0.5, 0.6) is 11.5 Å². The number of ether oxygens (including phenoxy) is 1. The standard InChI is InChI=1S/C32H37N3O3/c1-20(2)35(21(3)4)24-12-15-30(32(37)18-24)34-19-26-28(33-27-8-6-7-9-29(27)34)16-23(17-31(26)36)22-10-13-25(38-5)14-11-22/h6-15,18,20-21,23,33,37H,16-17,19H2,1-5H3. The Bertz CT molecular complexity index is 1350. The maximum atomic E-state index is 13.6. The van der Waals surface area contributed by atoms with Crippen molar-refractivity contribution in [2.75, 3.05) is 28.8 Å². The Morgan fingerprint density at radius 3 is 2.32 bits per heavy atom. The molecule has 5 rings (SSSR count). The zero-order chi connectivity index (χ0) is 27.0. The van der Waals surface area contributed by atoms with Crippen molar-refractivity contribution in [2.24, 2.45) is 0 Å². The van der Waals surface area contributed by atoms with E-state index in [4.69, 9.17) is 4.74 Å². The van der Waals surface area contributed by atoms with Gasteiger partial charge in [-0.1, -0.05) is 24.3 Å². The molecule has 0 saturated carbocycles. The van der Waals surface area contributed by atoms with E-state index < -0.39 is 0 Å². The highest BCUT2D eigenvalue weighted by atomic mass is 16.5. The van der Waals surface area contributed by atoms with Crippen LogP contribution < -0.4 is 19.9 Å². The fourth-order valence-corrected chi connectivity index (χ4v) is 5.91. The minimum absolute atomic E-state index is 0.101. The van der Waals surface area contributed by atoms with Crippen molar-refractivity contribution in [3.63, 3.8) is 0 Å². The average molecular weight is 512 g/mol. The number of allylic oxidation sites excluding steroid dienone is 1. The van der Waals surface area contributed by atoms with E-state index in [9.17, 15) is 9.90 Å². The normalized spacial score (nSPS) is 17.2. The number of methoxy groups -OCH3 is 1. The highest BCUT2D eigenvalue weighted by molar-refractivity contribution is 6.01. The lowest BCUT2D eigenvalue weighted by atomic mass is 9.81. The summed E-state index contributed by atoms with van der Waals surface area (Å²) in [4.78, 5) is 17.9. The summed E-state index contributed by atoms with van der Waals surface area (Å²) in [7, 11) is 1.66. The molecule has 0 bridgehead atoms. The highest BCUT2D eigenvalue weighted by Crippen LogP contribution is 2.45. The molecule has 1 aliphatic heterocycles. The molecular formula is C32H37N3O3. The Morgan fingerprint density at radius 1 is 0.947 bits per heavy atom. The molecule has 0 aromatic heterocycles. The van der Waals surface area contributed by atoms with Gasteiger partial charge in [0.05, 0.1) is 30.7 Å². The van der Waals surface area contributed by atoms with Gasteiger partial charge in [0.2, 0.25) is 0 Å². The van der Waals surface area contributed by atoms with Crippen LogP contribution in [-0.4, -0.2) is 36.6 Å². The van der Waals surface area contributed by atoms with Crippen LogP contribution in [0.1, 0.15) is 52.0 Å². The monoisotopic (exact) mass is 511 g/mol. The number of fused-ring (bicyclic) bond motifs is 1. The van der Waals surface area contributed by atoms with Gasteiger partial charge in [-0.05, 0) is 82.0 Å². The molecule has 1 aliphatic carbocycles. The van der Waals surface area contributed by atoms with E-state index in [2.05, 4.69) is 61.0 Å². The molecule has 0 spiro atoms. The number of rotatable bonds is 6. The fourth-order valence-electron chi connectivity index (χ4n) is 5.91. The smallest absolute Gasteiger partial charge is 0.163 e. The zero-order valence-electron chi connectivity index (χ0n) is 22.9. The second-order valence-corrected chi connectivity index (χ2v) is 10.8. The van der Waals surface area contributed by atoms with E-state index in [0.29, 0.717) is 30.7 Å². The number of carbonyl (C=O) groups excluding carboxylic acids is 1. The maximum Gasteiger partial charge on any atom is 0.163 e. The summed E-state index contributed by atoms with van der Waals surface area (Å²) in [6.45, 7) is 9.03. The number of benzene rings is 3. The first kappa shape index (κ1) is 25.7. The first-order valence-corrected chi connectivity index (χ1v) is 13.4. The zero-order valence-corrected chi connectivity index (χ0v) is 22.9. The van der Waals surface area contributed by atoms with Gasteiger partial charge in [-0.25, -0.2) is 0 Å². The number of para-hydroxylation sites is 2. The minimum atomic E-state index is 0.101. The van der Waals surface area contributed by atoms with Crippen LogP contribution in [0.25, 0.3) is 0 Å². The average Bonchev–Trinajstić information content (AvgIpc) is 3.05. The van der Waals surface area contributed by atoms with Gasteiger partial charge < -0.3 is 25.0 Å². The number of hydrogen-bond acceptors (Lipinski definition) is 6. The van der Waals surface area contributed by atoms with E-state index in [1.165, 1.54) is 0 Å². The Kier molecular flexibility index (Phi) is 7.06. The van der Waals surface area contributed by atoms with E-state index in [-0.39, 0.29) is 17.5 Å². The van der Waals surface area contributed by atoms with Crippen LogP contribution in [0, 0.1) is 0 Å². The van der Waals surface area contributed by atoms with Gasteiger partial charge in [0.25, 0.3) is 0 Å². The summed E-state index contributed by atoms with van der Waals surface area (Å²) in [6.07, 6.45) is 1.21. The Morgan fingerprint density at radius 2 is 1.66 bits per heavy atom. The molecule has 0 fully saturated rings. The third kappa shape index (κ3) is 4.83. The summed E-state index contributed by atoms with van der Waals surface area (Å²) in [5, 5.41) is 14.9. The summed E-state index contributed by atoms with van der Waals surface area (Å²) in [6, 6.07) is 22.5. The maximum absolute atomic E-state index is 13.6. The van der Waals surface area contributed by atoms with E-state index in [0.717, 1.165) is 46.1 Å². The molecule has 0 radical (unpaired) electrons. The SMILES string of the molecule is COc1ccc(C2CC(=O)C3=C(C2)Nc2ccccc2N(c2ccc(N(C(C)C)C(C)C)cc2O)C3)cc1. The number of phenols is 1. The topological polar surface area (TPSA) is 65.0 Å². The molecule has 38 heavy (non-hydrogen) atoms. The number of Topliss-reactive ketones (excluding diaryl/α,β-unsaturated/α-hetero) is 1. The van der Waals surface area contributed by atoms with Gasteiger partial charge in [-0.15, -0.1) is 0 Å². The molecule has 0 amide bonds. The van der Waals surface area contributed by atoms with Gasteiger partial charge in [0.15, 0.2) is 5.78 Å². The Hall–Kier alpha value is -3.93. The second-order valence-electron chi connectivity index (χ2n) is 10.8. The number of nitrogens with one attached hydrogen (secondary N) is 1. The van der Waals surface area contributed by atoms with E-state index in [1.54, 1.807) is 7.11 Å². The van der Waals surface area contributed by atoms with Crippen LogP contribution in [0.15, 0.2) is 78.0 Å². The molecule has 0 saturated heterocycles. The Labute approximate surface area is 225 Å². The van der Waals surface area contributed by atoms with Crippen molar-refractivity contribution in [3.05, 3.63) is 83.6 Å². The summed E-state index contributed by atoms with van der Waals surface area (Å²) < 4.78 is 5.31. The fraction of sp³-hybridized carbons (Fsp3) is 0.344. The Balaban J connectivity index is 1.51. The van der Waals surface area contributed by atoms with Crippen LogP contribution >= 0.6 is 0 Å². The van der Waals surface area contributed by atoms with Crippen molar-refractivity contribution < 1.29 is 14.6 Å². The lowest BCUT2D eigenvalue weighted by Gasteiger charge is -2.34. The molecule has 6 nitrogen and oxygen atoms in total. The first-order valence-electron chi connectivity index (χ1n) is 13.4. The number of hydrogen-bond donors (Lipinski definition) is 2. The predicted octanol–water partition coefficient (Wildman–Crippen LogP) is 6.99. The van der Waals surface area contributed by atoms with Crippen LogP contribution in [-0.2, 0) is 4.79 Å². The van der Waals surface area contributed by atoms with E-state index >= 15 is 0 Å². The lowest BCUT2D eigenvalue weighted by molar-refractivity contribution is -0.116. The molecule has 198 valence electrons. The molecule has 3 aromatic rings. The molecule has 6 heteroatoms. The molecular weight excluding hydrogens is 474 g/mol. The van der Waals surface area contributed by atoms with Crippen molar-refractivity contribution >= 4 is 28.5 Å². The molecule has 1 unspecified atom stereocenters. The summed E-state index contributed by atoms with van der Waals surface area (Å²) >= 11 is 0. The second kappa shape index (κ2) is 10.4. The van der Waals surface area contributed by atoms with Crippen LogP contribution in [0.4, 0.5) is 22.7 Å². The molecule has 1 atom stereocenters. The number of anilines is 4. The molecule has 3 aromatic carbocycles. The largest absolute Gasteiger partial charge is 0.506 e. The lowest BCUT2D eigenvalue weighted by Crippen LogP contribution is -2.37. The number of aromatic hydroxyl groups is 1. The van der Waals surface area contributed by atoms with Crippen molar-refractivity contribution in [1.82, 2.24) is 0 Å². The summed E-state index contributed by atoms with van der Waals surface area (Å²) in [5.41, 5.74) is 6.40. The van der Waals surface area contributed by atoms with Crippen LogP contribution in [0.3, 0.4) is 0 Å². The van der Waals surface area contributed by atoms with Crippen molar-refractivity contribution in [1.29, 1.82) is 0 Å². The van der Waals surface area contributed by atoms with Gasteiger partial charge in [-0.3, -0.25) is 4.79 Å². The predicted molar refractivity (Wildman–Crippen MR) is 155 cm³/mol. The van der Waals surface area contributed by atoms with Crippen molar-refractivity contribution in [2.45, 2.75) is 58.5 Å². The van der Waals surface area contributed by atoms with Gasteiger partial charge >= 0.3 is 0 Å². The van der Waals surface area contributed by atoms with Crippen molar-refractivity contribution in [3.8, 4) is 11.5 Å². The molecule has 1 heterocycles. The number of phenolic OH excluding ortho intramolecular Hbond substituents is 1. The third-order valence-electron chi connectivity index (χ3n) is 7.63. The number of nitrogens with zero attached hydrogens (tertiary/aromatic N) is 2. The molecule has 2 aliphatic rings.